The summed E-state index contributed by atoms with van der Waals surface area (Å²) in [5, 5.41) is 17.8. The molecule has 0 aromatic carbocycles. The molecule has 2 aliphatic heterocycles. The van der Waals surface area contributed by atoms with E-state index < -0.39 is 0 Å². The van der Waals surface area contributed by atoms with Gasteiger partial charge in [-0.05, 0) is 6.08 Å². The van der Waals surface area contributed by atoms with Crippen molar-refractivity contribution < 1.29 is 10.2 Å². The maximum Gasteiger partial charge on any atom is 0.0961 e. The second-order valence-electron chi connectivity index (χ2n) is 2.53. The van der Waals surface area contributed by atoms with Crippen molar-refractivity contribution in [2.45, 2.75) is 0 Å². The lowest BCUT2D eigenvalue weighted by molar-refractivity contribution is 0.329. The van der Waals surface area contributed by atoms with Crippen molar-refractivity contribution in [3.8, 4) is 0 Å². The molecule has 4 heteroatoms. The summed E-state index contributed by atoms with van der Waals surface area (Å²) in [5.74, 6) is 0. The van der Waals surface area contributed by atoms with Crippen molar-refractivity contribution in [1.29, 1.82) is 0 Å². The molecular formula is C8H8N2O2. The van der Waals surface area contributed by atoms with E-state index in [-0.39, 0.29) is 13.2 Å². The lowest BCUT2D eigenvalue weighted by atomic mass is 10.1. The van der Waals surface area contributed by atoms with Crippen molar-refractivity contribution in [2.75, 3.05) is 13.2 Å². The lowest BCUT2D eigenvalue weighted by Crippen LogP contribution is -2.09. The highest BCUT2D eigenvalue weighted by atomic mass is 16.3. The number of allylic oxidation sites excluding steroid dienone is 1. The molecule has 0 unspecified atom stereocenters. The normalized spacial score (nSPS) is 19.8. The molecule has 0 spiro atoms. The minimum absolute atomic E-state index is 0.122. The fourth-order valence-corrected chi connectivity index (χ4v) is 1.30. The van der Waals surface area contributed by atoms with Crippen molar-refractivity contribution >= 4 is 11.9 Å². The van der Waals surface area contributed by atoms with Gasteiger partial charge in [-0.15, -0.1) is 0 Å². The molecular weight excluding hydrogens is 156 g/mol. The SMILES string of the molecule is OCC1=NC2=CC=NC2=C1CO. The first-order chi connectivity index (χ1) is 5.86. The summed E-state index contributed by atoms with van der Waals surface area (Å²) in [5.41, 5.74) is 2.60. The number of aliphatic imine (C=N–C) groups is 2. The quantitative estimate of drug-likeness (QED) is 0.585. The number of aliphatic hydroxyl groups is 2. The summed E-state index contributed by atoms with van der Waals surface area (Å²) in [4.78, 5) is 8.11. The molecule has 0 amide bonds. The molecule has 12 heavy (non-hydrogen) atoms. The smallest absolute Gasteiger partial charge is 0.0961 e. The number of aliphatic hydroxyl groups excluding tert-OH is 2. The Labute approximate surface area is 69.3 Å². The van der Waals surface area contributed by atoms with Crippen LogP contribution in [0.1, 0.15) is 0 Å². The largest absolute Gasteiger partial charge is 0.392 e. The van der Waals surface area contributed by atoms with Gasteiger partial charge in [0.15, 0.2) is 0 Å². The fourth-order valence-electron chi connectivity index (χ4n) is 1.30. The van der Waals surface area contributed by atoms with E-state index in [1.807, 2.05) is 0 Å². The first-order valence-corrected chi connectivity index (χ1v) is 3.64. The van der Waals surface area contributed by atoms with Crippen LogP contribution in [-0.4, -0.2) is 35.4 Å². The zero-order valence-corrected chi connectivity index (χ0v) is 6.36. The number of hydrogen-bond acceptors (Lipinski definition) is 4. The molecule has 0 saturated heterocycles. The van der Waals surface area contributed by atoms with Crippen molar-refractivity contribution in [3.05, 3.63) is 23.0 Å². The molecule has 2 aliphatic rings. The van der Waals surface area contributed by atoms with Gasteiger partial charge in [0.2, 0.25) is 0 Å². The second-order valence-corrected chi connectivity index (χ2v) is 2.53. The molecule has 62 valence electrons. The van der Waals surface area contributed by atoms with E-state index in [9.17, 15) is 0 Å². The van der Waals surface area contributed by atoms with Gasteiger partial charge in [0.1, 0.15) is 0 Å². The minimum Gasteiger partial charge on any atom is -0.392 e. The molecule has 2 heterocycles. The highest BCUT2D eigenvalue weighted by Gasteiger charge is 2.23. The average molecular weight is 164 g/mol. The second kappa shape index (κ2) is 2.66. The Bertz CT molecular complexity index is 337. The molecule has 2 N–H and O–H groups in total. The van der Waals surface area contributed by atoms with Gasteiger partial charge in [-0.2, -0.15) is 0 Å². The summed E-state index contributed by atoms with van der Waals surface area (Å²) in [6, 6.07) is 0. The molecule has 4 nitrogen and oxygen atoms in total. The van der Waals surface area contributed by atoms with Crippen molar-refractivity contribution in [2.24, 2.45) is 9.98 Å². The molecule has 0 aliphatic carbocycles. The number of nitrogens with zero attached hydrogens (tertiary/aromatic N) is 2. The fraction of sp³-hybridized carbons (Fsp3) is 0.250. The van der Waals surface area contributed by atoms with Gasteiger partial charge >= 0.3 is 0 Å². The van der Waals surface area contributed by atoms with Crippen LogP contribution in [0.15, 0.2) is 33.0 Å². The molecule has 0 aromatic heterocycles. The standard InChI is InChI=1S/C8H8N2O2/c11-3-5-7(4-12)10-6-1-2-9-8(5)6/h1-2,11-12H,3-4H2. The van der Waals surface area contributed by atoms with Crippen LogP contribution in [0.2, 0.25) is 0 Å². The van der Waals surface area contributed by atoms with E-state index in [2.05, 4.69) is 9.98 Å². The molecule has 0 radical (unpaired) electrons. The molecule has 0 fully saturated rings. The van der Waals surface area contributed by atoms with E-state index in [1.54, 1.807) is 12.3 Å². The molecule has 2 rings (SSSR count). The Morgan fingerprint density at radius 3 is 2.75 bits per heavy atom. The highest BCUT2D eigenvalue weighted by Crippen LogP contribution is 2.28. The van der Waals surface area contributed by atoms with Crippen LogP contribution >= 0.6 is 0 Å². The van der Waals surface area contributed by atoms with Crippen molar-refractivity contribution in [3.63, 3.8) is 0 Å². The van der Waals surface area contributed by atoms with Gasteiger partial charge in [0.25, 0.3) is 0 Å². The third-order valence-corrected chi connectivity index (χ3v) is 1.88. The van der Waals surface area contributed by atoms with Crippen LogP contribution in [0.4, 0.5) is 0 Å². The van der Waals surface area contributed by atoms with Gasteiger partial charge in [-0.3, -0.25) is 4.99 Å². The summed E-state index contributed by atoms with van der Waals surface area (Å²) in [6.07, 6.45) is 3.39. The predicted octanol–water partition coefficient (Wildman–Crippen LogP) is -0.352. The van der Waals surface area contributed by atoms with E-state index >= 15 is 0 Å². The maximum atomic E-state index is 8.96. The third-order valence-electron chi connectivity index (χ3n) is 1.88. The summed E-state index contributed by atoms with van der Waals surface area (Å²) >= 11 is 0. The number of fused-ring (bicyclic) bond motifs is 1. The Kier molecular flexibility index (Phi) is 1.64. The first-order valence-electron chi connectivity index (χ1n) is 3.64. The number of hydrogen-bond donors (Lipinski definition) is 2. The first kappa shape index (κ1) is 7.39. The lowest BCUT2D eigenvalue weighted by Gasteiger charge is -1.98. The van der Waals surface area contributed by atoms with Crippen LogP contribution in [0.3, 0.4) is 0 Å². The van der Waals surface area contributed by atoms with Gasteiger partial charge < -0.3 is 10.2 Å². The Morgan fingerprint density at radius 2 is 2.08 bits per heavy atom. The van der Waals surface area contributed by atoms with E-state index in [0.717, 1.165) is 5.70 Å². The van der Waals surface area contributed by atoms with Crippen molar-refractivity contribution in [1.82, 2.24) is 0 Å². The topological polar surface area (TPSA) is 65.2 Å². The maximum absolute atomic E-state index is 8.96. The van der Waals surface area contributed by atoms with Gasteiger partial charge in [0.05, 0.1) is 30.3 Å². The average Bonchev–Trinajstić information content (AvgIpc) is 2.61. The molecule has 0 saturated carbocycles. The van der Waals surface area contributed by atoms with E-state index in [4.69, 9.17) is 10.2 Å². The Hall–Kier alpha value is -1.26. The summed E-state index contributed by atoms with van der Waals surface area (Å²) in [7, 11) is 0. The van der Waals surface area contributed by atoms with Gasteiger partial charge in [-0.25, -0.2) is 4.99 Å². The van der Waals surface area contributed by atoms with Crippen LogP contribution in [-0.2, 0) is 0 Å². The molecule has 0 aromatic rings. The molecule has 0 bridgehead atoms. The third kappa shape index (κ3) is 0.855. The number of rotatable bonds is 2. The molecule has 0 atom stereocenters. The van der Waals surface area contributed by atoms with Crippen LogP contribution in [0.5, 0.6) is 0 Å². The minimum atomic E-state index is -0.147. The van der Waals surface area contributed by atoms with E-state index in [1.165, 1.54) is 0 Å². The van der Waals surface area contributed by atoms with Gasteiger partial charge in [-0.1, -0.05) is 0 Å². The van der Waals surface area contributed by atoms with Crippen LogP contribution < -0.4 is 0 Å². The highest BCUT2D eigenvalue weighted by molar-refractivity contribution is 6.07. The Balaban J connectivity index is 2.46. The zero-order valence-electron chi connectivity index (χ0n) is 6.36. The monoisotopic (exact) mass is 164 g/mol. The summed E-state index contributed by atoms with van der Waals surface area (Å²) in [6.45, 7) is -0.268. The van der Waals surface area contributed by atoms with E-state index in [0.29, 0.717) is 17.0 Å². The van der Waals surface area contributed by atoms with Gasteiger partial charge in [0, 0.05) is 11.8 Å². The predicted molar refractivity (Wildman–Crippen MR) is 45.2 cm³/mol. The van der Waals surface area contributed by atoms with Crippen LogP contribution in [0, 0.1) is 0 Å². The Morgan fingerprint density at radius 1 is 1.25 bits per heavy atom. The zero-order chi connectivity index (χ0) is 8.55. The van der Waals surface area contributed by atoms with Crippen LogP contribution in [0.25, 0.3) is 0 Å². The summed E-state index contributed by atoms with van der Waals surface area (Å²) < 4.78 is 0.